The second-order valence-electron chi connectivity index (χ2n) is 10.7. The molecule has 0 spiro atoms. The molecule has 7 N–H and O–H groups in total. The van der Waals surface area contributed by atoms with Crippen molar-refractivity contribution in [3.8, 4) is 5.75 Å². The van der Waals surface area contributed by atoms with Gasteiger partial charge in [0.2, 0.25) is 0 Å². The number of carbonyl (C=O) groups excluding carboxylic acids is 3. The molecule has 0 radical (unpaired) electrons. The van der Waals surface area contributed by atoms with E-state index in [9.17, 15) is 29.7 Å². The molecule has 8 nitrogen and oxygen atoms in total. The molecule has 0 amide bonds. The zero-order valence-electron chi connectivity index (χ0n) is 20.6. The fourth-order valence-electron chi connectivity index (χ4n) is 7.00. The highest BCUT2D eigenvalue weighted by molar-refractivity contribution is 6.22. The van der Waals surface area contributed by atoms with Gasteiger partial charge in [-0.05, 0) is 54.6 Å². The Morgan fingerprint density at radius 2 is 1.75 bits per heavy atom. The molecule has 0 aromatic heterocycles. The van der Waals surface area contributed by atoms with Crippen molar-refractivity contribution in [2.45, 2.75) is 71.1 Å². The maximum Gasteiger partial charge on any atom is 0.173 e. The van der Waals surface area contributed by atoms with Gasteiger partial charge in [0.1, 0.15) is 17.3 Å². The molecule has 4 aliphatic rings. The summed E-state index contributed by atoms with van der Waals surface area (Å²) in [4.78, 5) is 40.0. The van der Waals surface area contributed by atoms with Crippen molar-refractivity contribution in [2.75, 3.05) is 0 Å². The lowest BCUT2D eigenvalue weighted by Gasteiger charge is -2.41. The number of phenols is 1. The van der Waals surface area contributed by atoms with E-state index in [0.717, 1.165) is 44.1 Å². The van der Waals surface area contributed by atoms with Crippen LogP contribution in [0.25, 0.3) is 5.76 Å². The van der Waals surface area contributed by atoms with Crippen LogP contribution in [-0.2, 0) is 20.8 Å². The quantitative estimate of drug-likeness (QED) is 0.522. The standard InChI is InChI=1S/C28H32O6.2H2O.2H2/c1-2-28(9-4-3-5-10-28)14-20(31)24-19(30)13-17-12-16-11-15-7-6-8-18(29)21(15)25(32)22(16)26(33)23(17)27(24)34;;;;/h6-8,16-17,23,29,32,34H,2-5,9-14H2,1H3;2*1H2;2*1H. The summed E-state index contributed by atoms with van der Waals surface area (Å²) in [6, 6.07) is 4.98. The number of allylic oxidation sites excluding steroid dienone is 3. The van der Waals surface area contributed by atoms with E-state index >= 15 is 0 Å². The van der Waals surface area contributed by atoms with Crippen molar-refractivity contribution in [2.24, 2.45) is 23.2 Å². The average molecular weight is 505 g/mol. The third-order valence-electron chi connectivity index (χ3n) is 8.86. The number of benzene rings is 1. The van der Waals surface area contributed by atoms with Crippen molar-refractivity contribution < 1.29 is 43.5 Å². The highest BCUT2D eigenvalue weighted by atomic mass is 16.3. The van der Waals surface area contributed by atoms with Crippen LogP contribution in [0.5, 0.6) is 5.75 Å². The molecule has 5 rings (SSSR count). The first kappa shape index (κ1) is 27.6. The van der Waals surface area contributed by atoms with Gasteiger partial charge in [-0.2, -0.15) is 0 Å². The van der Waals surface area contributed by atoms with Crippen LogP contribution >= 0.6 is 0 Å². The molecule has 1 aromatic rings. The van der Waals surface area contributed by atoms with E-state index in [1.54, 1.807) is 6.07 Å². The van der Waals surface area contributed by atoms with E-state index in [1.807, 2.05) is 6.07 Å². The van der Waals surface area contributed by atoms with Crippen LogP contribution in [0.4, 0.5) is 0 Å². The number of phenolic OH excluding ortho intramolecular Hbond substituents is 1. The Labute approximate surface area is 213 Å². The predicted octanol–water partition coefficient (Wildman–Crippen LogP) is 3.99. The molecule has 2 fully saturated rings. The monoisotopic (exact) mass is 504 g/mol. The Kier molecular flexibility index (Phi) is 7.81. The summed E-state index contributed by atoms with van der Waals surface area (Å²) >= 11 is 0. The summed E-state index contributed by atoms with van der Waals surface area (Å²) in [5.74, 6) is -3.61. The Hall–Kier alpha value is -2.97. The second-order valence-corrected chi connectivity index (χ2v) is 10.7. The molecule has 0 bridgehead atoms. The highest BCUT2D eigenvalue weighted by Gasteiger charge is 2.51. The maximum absolute atomic E-state index is 13.6. The van der Waals surface area contributed by atoms with E-state index in [0.29, 0.717) is 12.8 Å². The van der Waals surface area contributed by atoms with Crippen LogP contribution in [0.2, 0.25) is 0 Å². The lowest BCUT2D eigenvalue weighted by molar-refractivity contribution is -0.128. The molecule has 0 saturated heterocycles. The Balaban J connectivity index is 0.00000180. The van der Waals surface area contributed by atoms with Gasteiger partial charge in [0.05, 0.1) is 17.1 Å². The number of rotatable bonds is 4. The van der Waals surface area contributed by atoms with Gasteiger partial charge < -0.3 is 26.3 Å². The molecule has 3 unspecified atom stereocenters. The number of aliphatic hydroxyl groups excluding tert-OH is 2. The van der Waals surface area contributed by atoms with Crippen LogP contribution in [0, 0.1) is 23.2 Å². The number of aromatic hydroxyl groups is 1. The SMILES string of the molecule is CCC1(CC(=O)C2=C(O)C3C(=O)C4=C(O)c5c(O)cccc5CC4CC3CC2=O)CCCCC1.O.O.[HH].[HH]. The largest absolute Gasteiger partial charge is 0.511 e. The van der Waals surface area contributed by atoms with E-state index < -0.39 is 23.4 Å². The third-order valence-corrected chi connectivity index (χ3v) is 8.86. The second kappa shape index (κ2) is 10.2. The summed E-state index contributed by atoms with van der Waals surface area (Å²) in [6.07, 6.45) is 7.20. The number of hydrogen-bond acceptors (Lipinski definition) is 6. The molecule has 8 heteroatoms. The van der Waals surface area contributed by atoms with Crippen molar-refractivity contribution in [3.63, 3.8) is 0 Å². The molecular formula is C28H40O8. The van der Waals surface area contributed by atoms with Gasteiger partial charge in [-0.25, -0.2) is 0 Å². The molecular weight excluding hydrogens is 464 g/mol. The van der Waals surface area contributed by atoms with E-state index in [2.05, 4.69) is 6.92 Å². The van der Waals surface area contributed by atoms with Crippen LogP contribution < -0.4 is 0 Å². The van der Waals surface area contributed by atoms with Crippen LogP contribution in [0.3, 0.4) is 0 Å². The fourth-order valence-corrected chi connectivity index (χ4v) is 7.00. The van der Waals surface area contributed by atoms with Crippen molar-refractivity contribution in [1.29, 1.82) is 0 Å². The normalized spacial score (nSPS) is 26.8. The fraction of sp³-hybridized carbons (Fsp3) is 0.536. The van der Waals surface area contributed by atoms with Gasteiger partial charge in [0, 0.05) is 21.3 Å². The number of aliphatic hydroxyl groups is 2. The number of fused-ring (bicyclic) bond motifs is 3. The Morgan fingerprint density at radius 3 is 2.42 bits per heavy atom. The minimum Gasteiger partial charge on any atom is -0.511 e. The van der Waals surface area contributed by atoms with Gasteiger partial charge in [-0.15, -0.1) is 0 Å². The van der Waals surface area contributed by atoms with E-state index in [-0.39, 0.29) is 77.8 Å². The third kappa shape index (κ3) is 4.26. The molecule has 200 valence electrons. The molecule has 4 aliphatic carbocycles. The smallest absolute Gasteiger partial charge is 0.173 e. The zero-order chi connectivity index (χ0) is 24.2. The number of Topliss-reactive ketones (excluding diaryl/α,β-unsaturated/α-hetero) is 3. The summed E-state index contributed by atoms with van der Waals surface area (Å²) in [5.41, 5.74) is 0.861. The van der Waals surface area contributed by atoms with Gasteiger partial charge in [-0.3, -0.25) is 14.4 Å². The lowest BCUT2D eigenvalue weighted by atomic mass is 9.61. The first-order chi connectivity index (χ1) is 16.3. The maximum atomic E-state index is 13.6. The van der Waals surface area contributed by atoms with Gasteiger partial charge in [-0.1, -0.05) is 44.7 Å². The van der Waals surface area contributed by atoms with Crippen molar-refractivity contribution >= 4 is 23.1 Å². The van der Waals surface area contributed by atoms with E-state index in [1.165, 1.54) is 6.07 Å². The van der Waals surface area contributed by atoms with Crippen LogP contribution in [0.15, 0.2) is 35.1 Å². The molecule has 1 aromatic carbocycles. The van der Waals surface area contributed by atoms with Crippen molar-refractivity contribution in [1.82, 2.24) is 0 Å². The minimum absolute atomic E-state index is 0. The van der Waals surface area contributed by atoms with Crippen LogP contribution in [0.1, 0.15) is 78.7 Å². The summed E-state index contributed by atoms with van der Waals surface area (Å²) < 4.78 is 0. The number of carbonyl (C=O) groups is 3. The Bertz CT molecular complexity index is 1150. The average Bonchev–Trinajstić information content (AvgIpc) is 2.79. The molecule has 36 heavy (non-hydrogen) atoms. The zero-order valence-corrected chi connectivity index (χ0v) is 20.6. The lowest BCUT2D eigenvalue weighted by Crippen LogP contribution is -2.44. The number of ketones is 3. The molecule has 3 atom stereocenters. The molecule has 2 saturated carbocycles. The number of hydrogen-bond donors (Lipinski definition) is 3. The highest BCUT2D eigenvalue weighted by Crippen LogP contribution is 2.51. The summed E-state index contributed by atoms with van der Waals surface area (Å²) in [6.45, 7) is 2.07. The van der Waals surface area contributed by atoms with Gasteiger partial charge in [0.15, 0.2) is 17.3 Å². The van der Waals surface area contributed by atoms with Gasteiger partial charge in [0.25, 0.3) is 0 Å². The molecule has 0 heterocycles. The Morgan fingerprint density at radius 1 is 1.06 bits per heavy atom. The van der Waals surface area contributed by atoms with Crippen LogP contribution in [-0.4, -0.2) is 43.6 Å². The van der Waals surface area contributed by atoms with Gasteiger partial charge >= 0.3 is 0 Å². The van der Waals surface area contributed by atoms with Crippen molar-refractivity contribution in [3.05, 3.63) is 46.2 Å². The summed E-state index contributed by atoms with van der Waals surface area (Å²) in [5, 5.41) is 32.4. The first-order valence-corrected chi connectivity index (χ1v) is 12.5. The summed E-state index contributed by atoms with van der Waals surface area (Å²) in [7, 11) is 0. The molecule has 0 aliphatic heterocycles. The topological polar surface area (TPSA) is 175 Å². The predicted molar refractivity (Wildman–Crippen MR) is 138 cm³/mol. The first-order valence-electron chi connectivity index (χ1n) is 12.5. The van der Waals surface area contributed by atoms with E-state index in [4.69, 9.17) is 0 Å². The minimum atomic E-state index is -0.999.